The van der Waals surface area contributed by atoms with Crippen molar-refractivity contribution in [2.45, 2.75) is 38.5 Å². The molecule has 2 aromatic rings. The number of benzene rings is 1. The van der Waals surface area contributed by atoms with Crippen LogP contribution in [0.1, 0.15) is 47.1 Å². The van der Waals surface area contributed by atoms with Crippen molar-refractivity contribution in [2.24, 2.45) is 16.1 Å². The molecule has 1 aliphatic carbocycles. The van der Waals surface area contributed by atoms with E-state index in [4.69, 9.17) is 10.7 Å². The predicted octanol–water partition coefficient (Wildman–Crippen LogP) is 1.64. The summed E-state index contributed by atoms with van der Waals surface area (Å²) >= 11 is 0. The molecule has 0 amide bonds. The number of aliphatic hydroxyl groups excluding tert-OH is 1. The van der Waals surface area contributed by atoms with Crippen molar-refractivity contribution in [2.75, 3.05) is 18.0 Å². The number of anilines is 1. The molecule has 3 aliphatic rings. The Balaban J connectivity index is 1.39. The van der Waals surface area contributed by atoms with E-state index in [1.54, 1.807) is 0 Å². The average molecular weight is 374 g/mol. The molecule has 1 saturated heterocycles. The fourth-order valence-corrected chi connectivity index (χ4v) is 4.94. The van der Waals surface area contributed by atoms with Crippen molar-refractivity contribution in [3.63, 3.8) is 0 Å². The Hall–Kier alpha value is -2.82. The number of aliphatic imine (C=N–C) groups is 1. The lowest BCUT2D eigenvalue weighted by molar-refractivity contribution is 0.186. The van der Waals surface area contributed by atoms with Crippen LogP contribution in [-0.4, -0.2) is 33.9 Å². The summed E-state index contributed by atoms with van der Waals surface area (Å²) in [5.41, 5.74) is 11.5. The molecule has 7 nitrogen and oxygen atoms in total. The van der Waals surface area contributed by atoms with Crippen molar-refractivity contribution in [3.8, 4) is 6.07 Å². The molecular formula is C21H22N6O. The second kappa shape index (κ2) is 6.36. The molecule has 1 aromatic carbocycles. The molecule has 0 radical (unpaired) electrons. The average Bonchev–Trinajstić information content (AvgIpc) is 3.26. The van der Waals surface area contributed by atoms with E-state index in [2.05, 4.69) is 45.2 Å². The number of aromatic nitrogens is 2. The molecule has 3 N–H and O–H groups in total. The maximum absolute atomic E-state index is 9.83. The van der Waals surface area contributed by atoms with Crippen LogP contribution in [0, 0.1) is 16.7 Å². The first-order valence-corrected chi connectivity index (χ1v) is 9.69. The van der Waals surface area contributed by atoms with Gasteiger partial charge in [0.05, 0.1) is 18.8 Å². The normalized spacial score (nSPS) is 22.0. The molecule has 1 aromatic heterocycles. The summed E-state index contributed by atoms with van der Waals surface area (Å²) in [4.78, 5) is 15.6. The Morgan fingerprint density at radius 1 is 1.25 bits per heavy atom. The topological polar surface area (TPSA) is 111 Å². The van der Waals surface area contributed by atoms with E-state index in [0.717, 1.165) is 38.2 Å². The Kier molecular flexibility index (Phi) is 3.93. The van der Waals surface area contributed by atoms with Gasteiger partial charge < -0.3 is 15.7 Å². The van der Waals surface area contributed by atoms with Crippen LogP contribution in [0.5, 0.6) is 0 Å². The Morgan fingerprint density at radius 2 is 2.04 bits per heavy atom. The highest BCUT2D eigenvalue weighted by atomic mass is 16.3. The van der Waals surface area contributed by atoms with Gasteiger partial charge in [0.2, 0.25) is 0 Å². The molecule has 5 rings (SSSR count). The molecule has 1 atom stereocenters. The highest BCUT2D eigenvalue weighted by Gasteiger charge is 2.46. The third-order valence-electron chi connectivity index (χ3n) is 6.54. The van der Waals surface area contributed by atoms with Gasteiger partial charge in [-0.3, -0.25) is 4.99 Å². The summed E-state index contributed by atoms with van der Waals surface area (Å²) in [6.07, 6.45) is 2.99. The SMILES string of the molecule is N#CC1=NCc2nc(N3CCC4(CC3)Cc3ccccc3[C@H]4N)c(CO)nc21. The number of nitriles is 1. The fourth-order valence-electron chi connectivity index (χ4n) is 4.94. The van der Waals surface area contributed by atoms with Crippen molar-refractivity contribution in [1.82, 2.24) is 9.97 Å². The molecule has 0 bridgehead atoms. The van der Waals surface area contributed by atoms with Gasteiger partial charge in [-0.25, -0.2) is 9.97 Å². The first-order chi connectivity index (χ1) is 13.6. The van der Waals surface area contributed by atoms with E-state index >= 15 is 0 Å². The number of nitrogens with two attached hydrogens (primary N) is 1. The van der Waals surface area contributed by atoms with Gasteiger partial charge >= 0.3 is 0 Å². The van der Waals surface area contributed by atoms with Gasteiger partial charge in [-0.1, -0.05) is 24.3 Å². The minimum absolute atomic E-state index is 0.0702. The van der Waals surface area contributed by atoms with E-state index in [1.807, 2.05) is 0 Å². The first kappa shape index (κ1) is 17.3. The number of piperidine rings is 1. The van der Waals surface area contributed by atoms with E-state index in [1.165, 1.54) is 11.1 Å². The summed E-state index contributed by atoms with van der Waals surface area (Å²) in [5, 5.41) is 19.0. The van der Waals surface area contributed by atoms with E-state index in [-0.39, 0.29) is 18.1 Å². The standard InChI is InChI=1S/C21H22N6O/c22-10-15-18-16(11-24-15)26-20(17(12-28)25-18)27-7-5-21(6-8-27)9-13-3-1-2-4-14(13)19(21)23/h1-4,19,28H,5-9,11-12,23H2/t19-/m1/s1. The monoisotopic (exact) mass is 374 g/mol. The summed E-state index contributed by atoms with van der Waals surface area (Å²) < 4.78 is 0. The Labute approximate surface area is 163 Å². The third-order valence-corrected chi connectivity index (χ3v) is 6.54. The van der Waals surface area contributed by atoms with Crippen molar-refractivity contribution < 1.29 is 5.11 Å². The molecule has 1 spiro atoms. The van der Waals surface area contributed by atoms with Crippen LogP contribution in [0.15, 0.2) is 29.3 Å². The van der Waals surface area contributed by atoms with Crippen LogP contribution in [0.4, 0.5) is 5.82 Å². The molecule has 28 heavy (non-hydrogen) atoms. The van der Waals surface area contributed by atoms with E-state index < -0.39 is 0 Å². The lowest BCUT2D eigenvalue weighted by Crippen LogP contribution is -2.45. The molecule has 0 unspecified atom stereocenters. The predicted molar refractivity (Wildman–Crippen MR) is 105 cm³/mol. The molecule has 142 valence electrons. The first-order valence-electron chi connectivity index (χ1n) is 9.69. The van der Waals surface area contributed by atoms with E-state index in [9.17, 15) is 10.4 Å². The van der Waals surface area contributed by atoms with Crippen LogP contribution in [0.2, 0.25) is 0 Å². The van der Waals surface area contributed by atoms with Gasteiger partial charge in [-0.2, -0.15) is 5.26 Å². The van der Waals surface area contributed by atoms with Crippen LogP contribution >= 0.6 is 0 Å². The number of nitrogens with zero attached hydrogens (tertiary/aromatic N) is 5. The molecule has 7 heteroatoms. The van der Waals surface area contributed by atoms with Crippen molar-refractivity contribution in [3.05, 3.63) is 52.5 Å². The molecule has 3 heterocycles. The Bertz CT molecular complexity index is 1020. The second-order valence-corrected chi connectivity index (χ2v) is 7.93. The smallest absolute Gasteiger partial charge is 0.163 e. The van der Waals surface area contributed by atoms with Gasteiger partial charge in [-0.15, -0.1) is 0 Å². The fraction of sp³-hybridized carbons (Fsp3) is 0.429. The van der Waals surface area contributed by atoms with E-state index in [0.29, 0.717) is 29.3 Å². The number of hydrogen-bond donors (Lipinski definition) is 2. The number of fused-ring (bicyclic) bond motifs is 2. The number of aliphatic hydroxyl groups is 1. The maximum Gasteiger partial charge on any atom is 0.163 e. The van der Waals surface area contributed by atoms with Gasteiger partial charge in [0.1, 0.15) is 17.5 Å². The Morgan fingerprint density at radius 3 is 2.75 bits per heavy atom. The minimum Gasteiger partial charge on any atom is -0.390 e. The zero-order valence-corrected chi connectivity index (χ0v) is 15.6. The molecule has 0 saturated carbocycles. The second-order valence-electron chi connectivity index (χ2n) is 7.93. The summed E-state index contributed by atoms with van der Waals surface area (Å²) in [5.74, 6) is 0.717. The maximum atomic E-state index is 9.83. The lowest BCUT2D eigenvalue weighted by atomic mass is 9.73. The quantitative estimate of drug-likeness (QED) is 0.826. The largest absolute Gasteiger partial charge is 0.390 e. The van der Waals surface area contributed by atoms with Gasteiger partial charge in [0.15, 0.2) is 11.5 Å². The zero-order chi connectivity index (χ0) is 19.3. The lowest BCUT2D eigenvalue weighted by Gasteiger charge is -2.43. The minimum atomic E-state index is -0.207. The number of rotatable bonds is 2. The number of hydrogen-bond acceptors (Lipinski definition) is 7. The van der Waals surface area contributed by atoms with Crippen LogP contribution in [0.25, 0.3) is 0 Å². The summed E-state index contributed by atoms with van der Waals surface area (Å²) in [7, 11) is 0. The van der Waals surface area contributed by atoms with Crippen LogP contribution in [0.3, 0.4) is 0 Å². The molecular weight excluding hydrogens is 352 g/mol. The highest BCUT2D eigenvalue weighted by molar-refractivity contribution is 6.12. The van der Waals surface area contributed by atoms with Crippen molar-refractivity contribution in [1.29, 1.82) is 5.26 Å². The molecule has 1 fully saturated rings. The van der Waals surface area contributed by atoms with Crippen LogP contribution < -0.4 is 10.6 Å². The zero-order valence-electron chi connectivity index (χ0n) is 15.6. The summed E-state index contributed by atoms with van der Waals surface area (Å²) in [6, 6.07) is 10.6. The third kappa shape index (κ3) is 2.45. The van der Waals surface area contributed by atoms with Gasteiger partial charge in [0, 0.05) is 19.1 Å². The van der Waals surface area contributed by atoms with Gasteiger partial charge in [-0.05, 0) is 35.8 Å². The van der Waals surface area contributed by atoms with Gasteiger partial charge in [0.25, 0.3) is 0 Å². The highest BCUT2D eigenvalue weighted by Crippen LogP contribution is 2.51. The molecule has 2 aliphatic heterocycles. The van der Waals surface area contributed by atoms with Crippen molar-refractivity contribution >= 4 is 11.5 Å². The van der Waals surface area contributed by atoms with Crippen LogP contribution in [-0.2, 0) is 19.6 Å². The summed E-state index contributed by atoms with van der Waals surface area (Å²) in [6.45, 7) is 1.82.